The first-order chi connectivity index (χ1) is 23.6. The third-order valence-corrected chi connectivity index (χ3v) is 10.2. The third kappa shape index (κ3) is 4.55. The predicted octanol–water partition coefficient (Wildman–Crippen LogP) is 10.7. The number of hydrogen-bond donors (Lipinski definition) is 1. The minimum absolute atomic E-state index is 0.762. The average Bonchev–Trinajstić information content (AvgIpc) is 3.76. The van der Waals surface area contributed by atoms with Crippen molar-refractivity contribution in [2.75, 3.05) is 0 Å². The monoisotopic (exact) mass is 614 g/mol. The summed E-state index contributed by atoms with van der Waals surface area (Å²) in [4.78, 5) is 10.1. The van der Waals surface area contributed by atoms with E-state index >= 15 is 0 Å². The molecule has 3 heteroatoms. The fraction of sp³-hybridized carbons (Fsp3) is 0.0667. The molecule has 0 aromatic heterocycles. The van der Waals surface area contributed by atoms with Crippen molar-refractivity contribution in [1.29, 1.82) is 0 Å². The minimum Gasteiger partial charge on any atom is -0.384 e. The average molecular weight is 615 g/mol. The van der Waals surface area contributed by atoms with Gasteiger partial charge in [0.2, 0.25) is 0 Å². The van der Waals surface area contributed by atoms with Crippen LogP contribution >= 0.6 is 0 Å². The molecule has 226 valence electrons. The maximum atomic E-state index is 11.5. The van der Waals surface area contributed by atoms with Gasteiger partial charge in [-0.05, 0) is 125 Å². The van der Waals surface area contributed by atoms with E-state index in [1.165, 1.54) is 54.2 Å². The van der Waals surface area contributed by atoms with Crippen LogP contribution in [0.4, 0.5) is 11.4 Å². The van der Waals surface area contributed by atoms with Crippen LogP contribution < -0.4 is 0 Å². The van der Waals surface area contributed by atoms with Crippen molar-refractivity contribution in [3.63, 3.8) is 0 Å². The number of aliphatic hydroxyl groups is 1. The molecule has 2 aliphatic heterocycles. The molecule has 0 atom stereocenters. The highest BCUT2D eigenvalue weighted by Crippen LogP contribution is 2.37. The lowest BCUT2D eigenvalue weighted by Crippen LogP contribution is -2.01. The fourth-order valence-corrected chi connectivity index (χ4v) is 7.50. The highest BCUT2D eigenvalue weighted by Gasteiger charge is 2.22. The Labute approximate surface area is 278 Å². The molecular formula is C45H30N2O. The van der Waals surface area contributed by atoms with Crippen LogP contribution in [0.1, 0.15) is 39.5 Å². The van der Waals surface area contributed by atoms with Gasteiger partial charge in [0.1, 0.15) is 6.10 Å². The van der Waals surface area contributed by atoms with E-state index < -0.39 is 6.10 Å². The van der Waals surface area contributed by atoms with Crippen LogP contribution in [0, 0.1) is 0 Å². The lowest BCUT2D eigenvalue weighted by Gasteiger charge is -2.13. The molecule has 48 heavy (non-hydrogen) atoms. The Bertz CT molecular complexity index is 2510. The Kier molecular flexibility index (Phi) is 5.99. The molecule has 0 amide bonds. The smallest absolute Gasteiger partial charge is 0.104 e. The van der Waals surface area contributed by atoms with Crippen molar-refractivity contribution in [2.45, 2.75) is 18.9 Å². The van der Waals surface area contributed by atoms with Gasteiger partial charge in [0, 0.05) is 12.8 Å². The summed E-state index contributed by atoms with van der Waals surface area (Å²) in [5, 5.41) is 21.4. The van der Waals surface area contributed by atoms with Crippen molar-refractivity contribution < 1.29 is 5.11 Å². The standard InChI is InChI=1S/C45H30N2O/c48-45(37-15-13-35-23-41(46-43(35)25-37)33-11-9-31-17-27-5-1-3-7-29(27)19-39(31)21-33)38-16-14-36-24-42(47-44(36)26-38)34-12-10-32-18-28-6-2-4-8-30(28)20-40(32)22-34/h1-22,25-26,45,48H,23-24H2. The fourth-order valence-electron chi connectivity index (χ4n) is 7.50. The Hall–Kier alpha value is -5.90. The molecule has 0 aliphatic carbocycles. The zero-order chi connectivity index (χ0) is 31.8. The van der Waals surface area contributed by atoms with Gasteiger partial charge >= 0.3 is 0 Å². The first-order valence-electron chi connectivity index (χ1n) is 16.6. The third-order valence-electron chi connectivity index (χ3n) is 10.2. The van der Waals surface area contributed by atoms with Gasteiger partial charge in [0.25, 0.3) is 0 Å². The lowest BCUT2D eigenvalue weighted by molar-refractivity contribution is 0.220. The second kappa shape index (κ2) is 10.6. The normalized spacial score (nSPS) is 13.8. The van der Waals surface area contributed by atoms with Crippen molar-refractivity contribution >= 4 is 65.9 Å². The predicted molar refractivity (Wildman–Crippen MR) is 200 cm³/mol. The molecule has 0 unspecified atom stereocenters. The number of rotatable bonds is 4. The lowest BCUT2D eigenvalue weighted by atomic mass is 9.95. The van der Waals surface area contributed by atoms with E-state index in [-0.39, 0.29) is 0 Å². The topological polar surface area (TPSA) is 45.0 Å². The van der Waals surface area contributed by atoms with Gasteiger partial charge in [-0.25, -0.2) is 0 Å². The van der Waals surface area contributed by atoms with E-state index in [0.717, 1.165) is 57.9 Å². The summed E-state index contributed by atoms with van der Waals surface area (Å²) >= 11 is 0. The minimum atomic E-state index is -0.762. The molecule has 2 heterocycles. The first kappa shape index (κ1) is 27.2. The van der Waals surface area contributed by atoms with Gasteiger partial charge < -0.3 is 5.11 Å². The van der Waals surface area contributed by atoms with Crippen molar-refractivity contribution in [3.8, 4) is 0 Å². The number of aliphatic imine (C=N–C) groups is 2. The van der Waals surface area contributed by atoms with Gasteiger partial charge in [-0.1, -0.05) is 97.1 Å². The molecular weight excluding hydrogens is 585 g/mol. The second-order valence-electron chi connectivity index (χ2n) is 13.2. The number of nitrogens with zero attached hydrogens (tertiary/aromatic N) is 2. The molecule has 0 fully saturated rings. The molecule has 0 spiro atoms. The van der Waals surface area contributed by atoms with Crippen LogP contribution in [0.15, 0.2) is 156 Å². The van der Waals surface area contributed by atoms with Crippen molar-refractivity contribution in [1.82, 2.24) is 0 Å². The van der Waals surface area contributed by atoms with Crippen LogP contribution in [0.2, 0.25) is 0 Å². The SMILES string of the molecule is OC(c1ccc2c(c1)N=C(c1ccc3cc4ccccc4cc3c1)C2)c1ccc2c(c1)N=C(c1ccc3cc4ccccc4cc3c1)C2. The summed E-state index contributed by atoms with van der Waals surface area (Å²) in [6.07, 6.45) is 0.806. The summed E-state index contributed by atoms with van der Waals surface area (Å²) in [5.74, 6) is 0. The van der Waals surface area contributed by atoms with Gasteiger partial charge in [0.15, 0.2) is 0 Å². The maximum Gasteiger partial charge on any atom is 0.104 e. The highest BCUT2D eigenvalue weighted by molar-refractivity contribution is 6.11. The van der Waals surface area contributed by atoms with Crippen molar-refractivity contribution in [2.24, 2.45) is 9.98 Å². The van der Waals surface area contributed by atoms with Gasteiger partial charge in [-0.2, -0.15) is 0 Å². The second-order valence-corrected chi connectivity index (χ2v) is 13.2. The van der Waals surface area contributed by atoms with E-state index in [4.69, 9.17) is 9.98 Å². The van der Waals surface area contributed by atoms with Crippen LogP contribution in [-0.2, 0) is 12.8 Å². The maximum absolute atomic E-state index is 11.5. The Morgan fingerprint density at radius 1 is 0.396 bits per heavy atom. The molecule has 0 bridgehead atoms. The summed E-state index contributed by atoms with van der Waals surface area (Å²) < 4.78 is 0. The molecule has 0 saturated heterocycles. The summed E-state index contributed by atoms with van der Waals surface area (Å²) in [5.41, 5.74) is 10.3. The molecule has 8 aromatic carbocycles. The summed E-state index contributed by atoms with van der Waals surface area (Å²) in [7, 11) is 0. The zero-order valence-corrected chi connectivity index (χ0v) is 26.2. The first-order valence-corrected chi connectivity index (χ1v) is 16.6. The van der Waals surface area contributed by atoms with Crippen LogP contribution in [0.3, 0.4) is 0 Å². The molecule has 1 N–H and O–H groups in total. The number of benzene rings is 8. The number of hydrogen-bond acceptors (Lipinski definition) is 3. The van der Waals surface area contributed by atoms with Gasteiger partial charge in [-0.3, -0.25) is 9.98 Å². The molecule has 3 nitrogen and oxygen atoms in total. The molecule has 2 aliphatic rings. The Morgan fingerprint density at radius 2 is 0.792 bits per heavy atom. The quantitative estimate of drug-likeness (QED) is 0.197. The van der Waals surface area contributed by atoms with E-state index in [1.807, 2.05) is 24.3 Å². The Balaban J connectivity index is 0.923. The number of fused-ring (bicyclic) bond motifs is 6. The Morgan fingerprint density at radius 3 is 1.23 bits per heavy atom. The van der Waals surface area contributed by atoms with Crippen LogP contribution in [0.5, 0.6) is 0 Å². The van der Waals surface area contributed by atoms with E-state index in [9.17, 15) is 5.11 Å². The highest BCUT2D eigenvalue weighted by atomic mass is 16.3. The zero-order valence-electron chi connectivity index (χ0n) is 26.2. The van der Waals surface area contributed by atoms with E-state index in [1.54, 1.807) is 0 Å². The molecule has 10 rings (SSSR count). The number of aliphatic hydroxyl groups excluding tert-OH is 1. The van der Waals surface area contributed by atoms with Crippen molar-refractivity contribution in [3.05, 3.63) is 179 Å². The summed E-state index contributed by atoms with van der Waals surface area (Å²) in [6, 6.07) is 51.7. The van der Waals surface area contributed by atoms with E-state index in [2.05, 4.69) is 121 Å². The molecule has 8 aromatic rings. The molecule has 0 radical (unpaired) electrons. The van der Waals surface area contributed by atoms with Gasteiger partial charge in [-0.15, -0.1) is 0 Å². The van der Waals surface area contributed by atoms with E-state index in [0.29, 0.717) is 0 Å². The van der Waals surface area contributed by atoms with Crippen LogP contribution in [0.25, 0.3) is 43.1 Å². The largest absolute Gasteiger partial charge is 0.384 e. The molecule has 0 saturated carbocycles. The summed E-state index contributed by atoms with van der Waals surface area (Å²) in [6.45, 7) is 0. The van der Waals surface area contributed by atoms with Gasteiger partial charge in [0.05, 0.1) is 22.8 Å². The van der Waals surface area contributed by atoms with Crippen LogP contribution in [-0.4, -0.2) is 16.5 Å².